The Morgan fingerprint density at radius 1 is 1.08 bits per heavy atom. The molecule has 0 radical (unpaired) electrons. The molecule has 0 saturated heterocycles. The van der Waals surface area contributed by atoms with E-state index in [1.165, 1.54) is 37.7 Å². The highest BCUT2D eigenvalue weighted by Crippen LogP contribution is 2.59. The van der Waals surface area contributed by atoms with Gasteiger partial charge in [0.25, 0.3) is 0 Å². The zero-order valence-corrected chi connectivity index (χ0v) is 26.9. The molecule has 0 bridgehead atoms. The summed E-state index contributed by atoms with van der Waals surface area (Å²) in [6, 6.07) is 0. The molecule has 0 aliphatic heterocycles. The lowest BCUT2D eigenvalue weighted by molar-refractivity contribution is 0.0924. The fourth-order valence-electron chi connectivity index (χ4n) is 6.98. The number of rotatable bonds is 7. The maximum absolute atomic E-state index is 10.8. The number of hydrogen-bond acceptors (Lipinski definition) is 2. The summed E-state index contributed by atoms with van der Waals surface area (Å²) in [6.45, 7) is 27.8. The monoisotopic (exact) mass is 526 g/mol. The Labute approximate surface area is 230 Å². The maximum atomic E-state index is 10.8. The van der Waals surface area contributed by atoms with E-state index in [4.69, 9.17) is 4.43 Å². The molecule has 3 saturated carbocycles. The third kappa shape index (κ3) is 6.82. The molecule has 3 heteroatoms. The van der Waals surface area contributed by atoms with Gasteiger partial charge in [0.2, 0.25) is 0 Å². The van der Waals surface area contributed by atoms with E-state index in [1.54, 1.807) is 5.57 Å². The zero-order chi connectivity index (χ0) is 27.8. The molecule has 0 aromatic rings. The molecule has 3 fully saturated rings. The predicted octanol–water partition coefficient (Wildman–Crippen LogP) is 9.64. The van der Waals surface area contributed by atoms with E-state index in [0.717, 1.165) is 17.9 Å². The van der Waals surface area contributed by atoms with Crippen molar-refractivity contribution in [1.82, 2.24) is 0 Å². The van der Waals surface area contributed by atoms with E-state index >= 15 is 0 Å². The molecule has 0 heterocycles. The van der Waals surface area contributed by atoms with Gasteiger partial charge in [-0.2, -0.15) is 0 Å². The van der Waals surface area contributed by atoms with Gasteiger partial charge < -0.3 is 9.53 Å². The van der Waals surface area contributed by atoms with Crippen LogP contribution in [0.2, 0.25) is 18.1 Å². The molecule has 6 unspecified atom stereocenters. The fourth-order valence-corrected chi connectivity index (χ4v) is 8.35. The molecular weight excluding hydrogens is 468 g/mol. The first-order valence-electron chi connectivity index (χ1n) is 15.2. The van der Waals surface area contributed by atoms with Gasteiger partial charge >= 0.3 is 0 Å². The molecule has 0 amide bonds. The lowest BCUT2D eigenvalue weighted by atomic mass is 9.61. The van der Waals surface area contributed by atoms with Crippen molar-refractivity contribution in [2.45, 2.75) is 131 Å². The molecule has 3 aliphatic carbocycles. The third-order valence-corrected chi connectivity index (χ3v) is 15.5. The van der Waals surface area contributed by atoms with E-state index in [1.807, 2.05) is 0 Å². The normalized spacial score (nSPS) is 35.5. The molecule has 7 atom stereocenters. The van der Waals surface area contributed by atoms with Crippen LogP contribution in [0.15, 0.2) is 47.6 Å². The first-order valence-corrected chi connectivity index (χ1v) is 18.1. The smallest absolute Gasteiger partial charge is 0.192 e. The van der Waals surface area contributed by atoms with Crippen molar-refractivity contribution in [3.8, 4) is 0 Å². The minimum atomic E-state index is -1.88. The van der Waals surface area contributed by atoms with E-state index in [-0.39, 0.29) is 11.1 Å². The molecule has 2 nitrogen and oxygen atoms in total. The van der Waals surface area contributed by atoms with Crippen LogP contribution in [0.25, 0.3) is 0 Å². The van der Waals surface area contributed by atoms with Crippen molar-refractivity contribution in [2.24, 2.45) is 35.0 Å². The highest BCUT2D eigenvalue weighted by atomic mass is 28.4. The second-order valence-corrected chi connectivity index (χ2v) is 19.6. The van der Waals surface area contributed by atoms with Gasteiger partial charge in [0.05, 0.1) is 12.2 Å². The Bertz CT molecular complexity index is 901. The molecule has 3 aliphatic rings. The Kier molecular flexibility index (Phi) is 9.67. The maximum Gasteiger partial charge on any atom is 0.192 e. The minimum Gasteiger partial charge on any atom is -0.413 e. The van der Waals surface area contributed by atoms with Gasteiger partial charge in [-0.3, -0.25) is 0 Å². The molecule has 0 spiro atoms. The third-order valence-electron chi connectivity index (χ3n) is 11.0. The van der Waals surface area contributed by atoms with Crippen LogP contribution in [0, 0.1) is 35.0 Å². The minimum absolute atomic E-state index is 0.0828. The summed E-state index contributed by atoms with van der Waals surface area (Å²) in [7, 11) is -1.88. The van der Waals surface area contributed by atoms with E-state index in [9.17, 15) is 5.11 Å². The van der Waals surface area contributed by atoms with Gasteiger partial charge in [-0.15, -0.1) is 0 Å². The average molecular weight is 527 g/mol. The zero-order valence-electron chi connectivity index (χ0n) is 25.9. The van der Waals surface area contributed by atoms with Crippen LogP contribution in [-0.2, 0) is 4.43 Å². The van der Waals surface area contributed by atoms with Gasteiger partial charge in [-0.25, -0.2) is 0 Å². The van der Waals surface area contributed by atoms with Crippen molar-refractivity contribution in [2.75, 3.05) is 0 Å². The molecule has 1 N–H and O–H groups in total. The van der Waals surface area contributed by atoms with Crippen LogP contribution in [0.3, 0.4) is 0 Å². The molecule has 210 valence electrons. The lowest BCUT2D eigenvalue weighted by Crippen LogP contribution is -2.46. The lowest BCUT2D eigenvalue weighted by Gasteiger charge is -2.44. The Balaban J connectivity index is 1.77. The van der Waals surface area contributed by atoms with Crippen LogP contribution < -0.4 is 0 Å². The van der Waals surface area contributed by atoms with Gasteiger partial charge in [0.15, 0.2) is 8.32 Å². The van der Waals surface area contributed by atoms with Crippen LogP contribution >= 0.6 is 0 Å². The number of aliphatic hydroxyl groups is 1. The summed E-state index contributed by atoms with van der Waals surface area (Å²) < 4.78 is 6.73. The number of fused-ring (bicyclic) bond motifs is 1. The molecule has 0 aromatic carbocycles. The Morgan fingerprint density at radius 2 is 1.76 bits per heavy atom. The number of aliphatic hydroxyl groups excluding tert-OH is 1. The molecule has 37 heavy (non-hydrogen) atoms. The summed E-state index contributed by atoms with van der Waals surface area (Å²) in [5.74, 6) is 3.42. The first kappa shape index (κ1) is 30.6. The molecule has 3 rings (SSSR count). The van der Waals surface area contributed by atoms with Crippen molar-refractivity contribution in [3.05, 3.63) is 47.6 Å². The predicted molar refractivity (Wildman–Crippen MR) is 163 cm³/mol. The number of hydrogen-bond donors (Lipinski definition) is 1. The highest BCUT2D eigenvalue weighted by Gasteiger charge is 2.50. The standard InChI is InChI=1S/C34H58O2Si/c1-23(2)24(3)14-15-25(4)30-18-19-31-27(13-12-20-34(30,31)9)16-17-28-21-29(22-32(35)26(28)5)36-37(10,11)33(6,7)8/h14-17,23-25,29-32,35H,5,12-13,18-22H2,1-4,6-11H3/t24?,25?,29?,30?,31?,32?,34-/m1/s1. The van der Waals surface area contributed by atoms with Crippen molar-refractivity contribution < 1.29 is 9.53 Å². The second-order valence-electron chi connectivity index (χ2n) is 14.9. The van der Waals surface area contributed by atoms with Crippen LogP contribution in [0.1, 0.15) is 100 Å². The van der Waals surface area contributed by atoms with Gasteiger partial charge in [0, 0.05) is 6.42 Å². The quantitative estimate of drug-likeness (QED) is 0.264. The Morgan fingerprint density at radius 3 is 2.38 bits per heavy atom. The first-order chi connectivity index (χ1) is 17.1. The molecule has 0 aromatic heterocycles. The van der Waals surface area contributed by atoms with Crippen LogP contribution in [0.5, 0.6) is 0 Å². The van der Waals surface area contributed by atoms with E-state index < -0.39 is 14.4 Å². The summed E-state index contributed by atoms with van der Waals surface area (Å²) in [6.07, 6.45) is 17.3. The van der Waals surface area contributed by atoms with Crippen molar-refractivity contribution >= 4 is 8.32 Å². The summed E-state index contributed by atoms with van der Waals surface area (Å²) in [5, 5.41) is 11.0. The van der Waals surface area contributed by atoms with E-state index in [0.29, 0.717) is 35.5 Å². The topological polar surface area (TPSA) is 29.5 Å². The largest absolute Gasteiger partial charge is 0.413 e. The van der Waals surface area contributed by atoms with Crippen molar-refractivity contribution in [3.63, 3.8) is 0 Å². The van der Waals surface area contributed by atoms with Crippen LogP contribution in [0.4, 0.5) is 0 Å². The summed E-state index contributed by atoms with van der Waals surface area (Å²) in [5.41, 5.74) is 4.11. The Hall–Kier alpha value is -0.903. The van der Waals surface area contributed by atoms with Gasteiger partial charge in [-0.05, 0) is 103 Å². The van der Waals surface area contributed by atoms with Gasteiger partial charge in [-0.1, -0.05) is 91.8 Å². The number of allylic oxidation sites excluding steroid dienone is 5. The second kappa shape index (κ2) is 11.7. The average Bonchev–Trinajstić information content (AvgIpc) is 3.15. The van der Waals surface area contributed by atoms with Crippen molar-refractivity contribution in [1.29, 1.82) is 0 Å². The highest BCUT2D eigenvalue weighted by molar-refractivity contribution is 6.74. The summed E-state index contributed by atoms with van der Waals surface area (Å²) >= 11 is 0. The fraction of sp³-hybridized carbons (Fsp3) is 0.765. The van der Waals surface area contributed by atoms with E-state index in [2.05, 4.69) is 99.4 Å². The van der Waals surface area contributed by atoms with Gasteiger partial charge in [0.1, 0.15) is 0 Å². The SMILES string of the molecule is C=C1C(=CC=C2CCC[C@@]3(C)C2CCC3C(C)C=CC(C)C(C)C)CC(O[Si](C)(C)C(C)(C)C)CC1O. The molecular formula is C34H58O2Si. The van der Waals surface area contributed by atoms with Crippen LogP contribution in [-0.4, -0.2) is 25.6 Å². The summed E-state index contributed by atoms with van der Waals surface area (Å²) in [4.78, 5) is 0.